The van der Waals surface area contributed by atoms with Crippen LogP contribution < -0.4 is 11.2 Å². The predicted molar refractivity (Wildman–Crippen MR) is 75.5 cm³/mol. The Morgan fingerprint density at radius 3 is 2.79 bits per heavy atom. The zero-order valence-corrected chi connectivity index (χ0v) is 11.1. The maximum absolute atomic E-state index is 12.5. The second kappa shape index (κ2) is 4.68. The van der Waals surface area contributed by atoms with Gasteiger partial charge < -0.3 is 4.98 Å². The standard InChI is InChI=1S/C15H18N2O2/c1-10-5-4-6-11(9-10)17-14(18)12-7-2-3-8-13(12)16-15(17)19/h2-3,7-8,10-11H,4-6,9H2,1H3,(H,16,19). The monoisotopic (exact) mass is 258 g/mol. The SMILES string of the molecule is CC1CCCC(n2c(=O)[nH]c3ccccc3c2=O)C1. The molecular weight excluding hydrogens is 240 g/mol. The number of fused-ring (bicyclic) bond motifs is 1. The summed E-state index contributed by atoms with van der Waals surface area (Å²) in [5.41, 5.74) is 0.193. The molecule has 0 saturated heterocycles. The molecule has 4 nitrogen and oxygen atoms in total. The van der Waals surface area contributed by atoms with Crippen LogP contribution >= 0.6 is 0 Å². The van der Waals surface area contributed by atoms with E-state index >= 15 is 0 Å². The molecule has 3 rings (SSSR count). The maximum atomic E-state index is 12.5. The van der Waals surface area contributed by atoms with E-state index in [0.29, 0.717) is 16.8 Å². The van der Waals surface area contributed by atoms with E-state index < -0.39 is 0 Å². The third-order valence-corrected chi connectivity index (χ3v) is 4.11. The summed E-state index contributed by atoms with van der Waals surface area (Å²) in [5.74, 6) is 0.580. The number of nitrogens with one attached hydrogen (secondary N) is 1. The zero-order valence-electron chi connectivity index (χ0n) is 11.1. The molecule has 1 aliphatic carbocycles. The van der Waals surface area contributed by atoms with Crippen molar-refractivity contribution in [3.8, 4) is 0 Å². The van der Waals surface area contributed by atoms with Crippen LogP contribution in [0.5, 0.6) is 0 Å². The number of hydrogen-bond donors (Lipinski definition) is 1. The Morgan fingerprint density at radius 1 is 1.21 bits per heavy atom. The Balaban J connectivity index is 2.18. The molecule has 1 aromatic heterocycles. The van der Waals surface area contributed by atoms with E-state index in [1.54, 1.807) is 12.1 Å². The molecule has 0 spiro atoms. The molecule has 1 N–H and O–H groups in total. The molecule has 2 aromatic rings. The van der Waals surface area contributed by atoms with E-state index in [1.165, 1.54) is 11.0 Å². The number of para-hydroxylation sites is 1. The summed E-state index contributed by atoms with van der Waals surface area (Å²) in [6, 6.07) is 7.24. The molecule has 0 amide bonds. The highest BCUT2D eigenvalue weighted by Gasteiger charge is 2.23. The molecule has 19 heavy (non-hydrogen) atoms. The topological polar surface area (TPSA) is 54.9 Å². The molecule has 1 fully saturated rings. The minimum atomic E-state index is -0.275. The van der Waals surface area contributed by atoms with Crippen LogP contribution in [0.25, 0.3) is 10.9 Å². The zero-order chi connectivity index (χ0) is 13.4. The normalized spacial score (nSPS) is 23.6. The predicted octanol–water partition coefficient (Wildman–Crippen LogP) is 2.44. The van der Waals surface area contributed by atoms with E-state index in [2.05, 4.69) is 11.9 Å². The highest BCUT2D eigenvalue weighted by Crippen LogP contribution is 2.30. The fraction of sp³-hybridized carbons (Fsp3) is 0.467. The van der Waals surface area contributed by atoms with Crippen LogP contribution in [0.4, 0.5) is 0 Å². The van der Waals surface area contributed by atoms with E-state index in [0.717, 1.165) is 19.3 Å². The molecule has 0 bridgehead atoms. The number of aromatic amines is 1. The summed E-state index contributed by atoms with van der Waals surface area (Å²) < 4.78 is 1.43. The number of rotatable bonds is 1. The Hall–Kier alpha value is -1.84. The van der Waals surface area contributed by atoms with Gasteiger partial charge in [-0.15, -0.1) is 0 Å². The van der Waals surface area contributed by atoms with Crippen molar-refractivity contribution in [3.05, 3.63) is 45.1 Å². The molecule has 4 heteroatoms. The minimum absolute atomic E-state index is 0.0459. The second-order valence-electron chi connectivity index (χ2n) is 5.58. The Kier molecular flexibility index (Phi) is 3.01. The van der Waals surface area contributed by atoms with Crippen LogP contribution in [0.15, 0.2) is 33.9 Å². The number of H-pyrrole nitrogens is 1. The fourth-order valence-corrected chi connectivity index (χ4v) is 3.14. The van der Waals surface area contributed by atoms with Gasteiger partial charge in [-0.25, -0.2) is 4.79 Å². The van der Waals surface area contributed by atoms with Gasteiger partial charge in [-0.05, 0) is 30.9 Å². The van der Waals surface area contributed by atoms with Gasteiger partial charge in [0.15, 0.2) is 0 Å². The Labute approximate surface area is 111 Å². The van der Waals surface area contributed by atoms with Gasteiger partial charge in [0.1, 0.15) is 0 Å². The first-order valence-corrected chi connectivity index (χ1v) is 6.90. The number of hydrogen-bond acceptors (Lipinski definition) is 2. The number of aromatic nitrogens is 2. The van der Waals surface area contributed by atoms with Gasteiger partial charge in [0.05, 0.1) is 10.9 Å². The molecule has 2 unspecified atom stereocenters. The van der Waals surface area contributed by atoms with E-state index in [4.69, 9.17) is 0 Å². The lowest BCUT2D eigenvalue weighted by molar-refractivity contribution is 0.272. The maximum Gasteiger partial charge on any atom is 0.329 e. The van der Waals surface area contributed by atoms with Crippen LogP contribution in [0.2, 0.25) is 0 Å². The van der Waals surface area contributed by atoms with Crippen molar-refractivity contribution >= 4 is 10.9 Å². The first kappa shape index (κ1) is 12.2. The van der Waals surface area contributed by atoms with Gasteiger partial charge in [0, 0.05) is 6.04 Å². The first-order valence-electron chi connectivity index (χ1n) is 6.90. The first-order chi connectivity index (χ1) is 9.16. The molecule has 0 aliphatic heterocycles. The smallest absolute Gasteiger partial charge is 0.307 e. The van der Waals surface area contributed by atoms with E-state index in [9.17, 15) is 9.59 Å². The van der Waals surface area contributed by atoms with Crippen LogP contribution in [-0.4, -0.2) is 9.55 Å². The largest absolute Gasteiger partial charge is 0.329 e. The van der Waals surface area contributed by atoms with Crippen LogP contribution in [-0.2, 0) is 0 Å². The summed E-state index contributed by atoms with van der Waals surface area (Å²) in [6.45, 7) is 2.19. The third-order valence-electron chi connectivity index (χ3n) is 4.11. The lowest BCUT2D eigenvalue weighted by atomic mass is 9.87. The molecule has 1 aromatic carbocycles. The molecule has 1 saturated carbocycles. The van der Waals surface area contributed by atoms with Crippen molar-refractivity contribution in [2.75, 3.05) is 0 Å². The van der Waals surface area contributed by atoms with Gasteiger partial charge in [0.25, 0.3) is 5.56 Å². The van der Waals surface area contributed by atoms with Crippen molar-refractivity contribution in [3.63, 3.8) is 0 Å². The van der Waals surface area contributed by atoms with Gasteiger partial charge >= 0.3 is 5.69 Å². The van der Waals surface area contributed by atoms with Crippen molar-refractivity contribution in [1.29, 1.82) is 0 Å². The van der Waals surface area contributed by atoms with Crippen molar-refractivity contribution < 1.29 is 0 Å². The summed E-state index contributed by atoms with van der Waals surface area (Å²) >= 11 is 0. The highest BCUT2D eigenvalue weighted by atomic mass is 16.2. The molecular formula is C15H18N2O2. The van der Waals surface area contributed by atoms with Crippen LogP contribution in [0, 0.1) is 5.92 Å². The molecule has 1 heterocycles. The highest BCUT2D eigenvalue weighted by molar-refractivity contribution is 5.76. The van der Waals surface area contributed by atoms with Gasteiger partial charge in [0.2, 0.25) is 0 Å². The van der Waals surface area contributed by atoms with Gasteiger partial charge in [-0.3, -0.25) is 9.36 Å². The minimum Gasteiger partial charge on any atom is -0.307 e. The van der Waals surface area contributed by atoms with Crippen LogP contribution in [0.1, 0.15) is 38.6 Å². The molecule has 0 radical (unpaired) electrons. The average molecular weight is 258 g/mol. The average Bonchev–Trinajstić information content (AvgIpc) is 2.39. The third kappa shape index (κ3) is 2.11. The van der Waals surface area contributed by atoms with Crippen molar-refractivity contribution in [1.82, 2.24) is 9.55 Å². The van der Waals surface area contributed by atoms with E-state index in [1.807, 2.05) is 12.1 Å². The van der Waals surface area contributed by atoms with Crippen molar-refractivity contribution in [2.45, 2.75) is 38.6 Å². The summed E-state index contributed by atoms with van der Waals surface area (Å²) in [5, 5.41) is 0.598. The van der Waals surface area contributed by atoms with Crippen LogP contribution in [0.3, 0.4) is 0 Å². The summed E-state index contributed by atoms with van der Waals surface area (Å²) in [7, 11) is 0. The quantitative estimate of drug-likeness (QED) is 0.854. The summed E-state index contributed by atoms with van der Waals surface area (Å²) in [4.78, 5) is 27.5. The Bertz CT molecular complexity index is 714. The van der Waals surface area contributed by atoms with Gasteiger partial charge in [-0.1, -0.05) is 31.9 Å². The molecule has 2 atom stereocenters. The molecule has 100 valence electrons. The Morgan fingerprint density at radius 2 is 2.00 bits per heavy atom. The van der Waals surface area contributed by atoms with E-state index in [-0.39, 0.29) is 17.3 Å². The second-order valence-corrected chi connectivity index (χ2v) is 5.58. The fourth-order valence-electron chi connectivity index (χ4n) is 3.14. The summed E-state index contributed by atoms with van der Waals surface area (Å²) in [6.07, 6.45) is 4.12. The lowest BCUT2D eigenvalue weighted by Crippen LogP contribution is -2.39. The number of nitrogens with zero attached hydrogens (tertiary/aromatic N) is 1. The number of benzene rings is 1. The lowest BCUT2D eigenvalue weighted by Gasteiger charge is -2.27. The van der Waals surface area contributed by atoms with Gasteiger partial charge in [-0.2, -0.15) is 0 Å². The molecule has 1 aliphatic rings. The van der Waals surface area contributed by atoms with Crippen molar-refractivity contribution in [2.24, 2.45) is 5.92 Å².